The lowest BCUT2D eigenvalue weighted by atomic mass is 10.1. The van der Waals surface area contributed by atoms with Gasteiger partial charge in [0.25, 0.3) is 0 Å². The summed E-state index contributed by atoms with van der Waals surface area (Å²) >= 11 is 1.17. The summed E-state index contributed by atoms with van der Waals surface area (Å²) < 4.78 is 5.13. The molecule has 3 rings (SSSR count). The first-order valence-electron chi connectivity index (χ1n) is 7.38. The Morgan fingerprint density at radius 3 is 2.54 bits per heavy atom. The Bertz CT molecular complexity index is 929. The van der Waals surface area contributed by atoms with Gasteiger partial charge in [-0.1, -0.05) is 29.8 Å². The average molecular weight is 340 g/mol. The zero-order valence-electron chi connectivity index (χ0n) is 13.3. The Hall–Kier alpha value is -2.73. The molecule has 0 saturated carbocycles. The number of hydrogen-bond donors (Lipinski definition) is 1. The largest absolute Gasteiger partial charge is 0.453 e. The SMILES string of the molecule is Cc1ccc(C(=O)COC(=O)c2sc3nc(C)ccc3c2N)cc1. The van der Waals surface area contributed by atoms with Crippen molar-refractivity contribution in [3.63, 3.8) is 0 Å². The Kier molecular flexibility index (Phi) is 4.31. The second kappa shape index (κ2) is 6.41. The van der Waals surface area contributed by atoms with E-state index in [0.29, 0.717) is 16.1 Å². The third kappa shape index (κ3) is 3.14. The van der Waals surface area contributed by atoms with Crippen molar-refractivity contribution in [2.24, 2.45) is 0 Å². The van der Waals surface area contributed by atoms with Gasteiger partial charge in [-0.25, -0.2) is 9.78 Å². The van der Waals surface area contributed by atoms with E-state index >= 15 is 0 Å². The van der Waals surface area contributed by atoms with Crippen molar-refractivity contribution < 1.29 is 14.3 Å². The zero-order valence-corrected chi connectivity index (χ0v) is 14.1. The van der Waals surface area contributed by atoms with Gasteiger partial charge in [0.05, 0.1) is 5.69 Å². The number of pyridine rings is 1. The average Bonchev–Trinajstić information content (AvgIpc) is 2.89. The molecule has 0 saturated heterocycles. The van der Waals surface area contributed by atoms with E-state index in [0.717, 1.165) is 16.6 Å². The predicted molar refractivity (Wildman–Crippen MR) is 94.6 cm³/mol. The molecule has 2 heterocycles. The molecule has 0 bridgehead atoms. The van der Waals surface area contributed by atoms with Crippen LogP contribution in [0.15, 0.2) is 36.4 Å². The number of aromatic nitrogens is 1. The highest BCUT2D eigenvalue weighted by Gasteiger charge is 2.19. The van der Waals surface area contributed by atoms with Crippen LogP contribution in [0.2, 0.25) is 0 Å². The number of ketones is 1. The van der Waals surface area contributed by atoms with E-state index in [1.165, 1.54) is 11.3 Å². The summed E-state index contributed by atoms with van der Waals surface area (Å²) in [5.74, 6) is -0.856. The van der Waals surface area contributed by atoms with Crippen LogP contribution in [0.3, 0.4) is 0 Å². The molecule has 0 radical (unpaired) electrons. The number of anilines is 1. The molecule has 0 aliphatic heterocycles. The number of Topliss-reactive ketones (excluding diaryl/α,β-unsaturated/α-hetero) is 1. The molecule has 0 unspecified atom stereocenters. The van der Waals surface area contributed by atoms with Crippen LogP contribution in [0.25, 0.3) is 10.2 Å². The molecule has 0 spiro atoms. The van der Waals surface area contributed by atoms with E-state index in [9.17, 15) is 9.59 Å². The Balaban J connectivity index is 1.74. The van der Waals surface area contributed by atoms with E-state index in [-0.39, 0.29) is 17.3 Å². The molecule has 0 aliphatic rings. The number of hydrogen-bond acceptors (Lipinski definition) is 6. The van der Waals surface area contributed by atoms with Gasteiger partial charge in [-0.2, -0.15) is 0 Å². The van der Waals surface area contributed by atoms with E-state index in [4.69, 9.17) is 10.5 Å². The van der Waals surface area contributed by atoms with Gasteiger partial charge < -0.3 is 10.5 Å². The maximum Gasteiger partial charge on any atom is 0.350 e. The minimum Gasteiger partial charge on any atom is -0.453 e. The summed E-state index contributed by atoms with van der Waals surface area (Å²) in [6, 6.07) is 10.8. The molecule has 24 heavy (non-hydrogen) atoms. The van der Waals surface area contributed by atoms with Crippen molar-refractivity contribution in [3.05, 3.63) is 58.1 Å². The van der Waals surface area contributed by atoms with Crippen molar-refractivity contribution in [2.45, 2.75) is 13.8 Å². The number of nitrogens with two attached hydrogens (primary N) is 1. The number of fused-ring (bicyclic) bond motifs is 1. The molecule has 3 aromatic rings. The quantitative estimate of drug-likeness (QED) is 0.580. The maximum atomic E-state index is 12.2. The van der Waals surface area contributed by atoms with Crippen LogP contribution in [0.1, 0.15) is 31.3 Å². The number of esters is 1. The normalized spacial score (nSPS) is 10.8. The van der Waals surface area contributed by atoms with E-state index < -0.39 is 5.97 Å². The first kappa shape index (κ1) is 16.1. The summed E-state index contributed by atoms with van der Waals surface area (Å²) in [5.41, 5.74) is 8.77. The summed E-state index contributed by atoms with van der Waals surface area (Å²) in [6.07, 6.45) is 0. The Morgan fingerprint density at radius 2 is 1.83 bits per heavy atom. The Labute approximate surface area is 143 Å². The van der Waals surface area contributed by atoms with Crippen LogP contribution in [-0.4, -0.2) is 23.3 Å². The highest BCUT2D eigenvalue weighted by molar-refractivity contribution is 7.21. The van der Waals surface area contributed by atoms with Gasteiger partial charge in [0.1, 0.15) is 9.71 Å². The molecule has 2 N–H and O–H groups in total. The topological polar surface area (TPSA) is 82.3 Å². The van der Waals surface area contributed by atoms with Crippen molar-refractivity contribution in [2.75, 3.05) is 12.3 Å². The lowest BCUT2D eigenvalue weighted by Gasteiger charge is -2.04. The molecule has 1 aromatic carbocycles. The molecule has 5 nitrogen and oxygen atoms in total. The first-order valence-corrected chi connectivity index (χ1v) is 8.20. The van der Waals surface area contributed by atoms with Crippen LogP contribution >= 0.6 is 11.3 Å². The summed E-state index contributed by atoms with van der Waals surface area (Å²) in [5, 5.41) is 0.724. The van der Waals surface area contributed by atoms with Crippen LogP contribution in [0.5, 0.6) is 0 Å². The van der Waals surface area contributed by atoms with E-state index in [1.54, 1.807) is 12.1 Å². The minimum atomic E-state index is -0.603. The molecule has 0 amide bonds. The van der Waals surface area contributed by atoms with Crippen LogP contribution in [0.4, 0.5) is 5.69 Å². The fourth-order valence-corrected chi connectivity index (χ4v) is 3.29. The van der Waals surface area contributed by atoms with Gasteiger partial charge in [-0.05, 0) is 26.0 Å². The maximum absolute atomic E-state index is 12.2. The van der Waals surface area contributed by atoms with Crippen molar-refractivity contribution >= 4 is 39.0 Å². The number of benzene rings is 1. The lowest BCUT2D eigenvalue weighted by molar-refractivity contribution is 0.0480. The van der Waals surface area contributed by atoms with Crippen LogP contribution < -0.4 is 5.73 Å². The van der Waals surface area contributed by atoms with Gasteiger partial charge in [0.2, 0.25) is 0 Å². The van der Waals surface area contributed by atoms with Crippen molar-refractivity contribution in [1.82, 2.24) is 4.98 Å². The molecule has 6 heteroatoms. The number of carbonyl (C=O) groups is 2. The number of nitrogen functional groups attached to an aromatic ring is 1. The fourth-order valence-electron chi connectivity index (χ4n) is 2.26. The van der Waals surface area contributed by atoms with Crippen LogP contribution in [-0.2, 0) is 4.74 Å². The monoisotopic (exact) mass is 340 g/mol. The minimum absolute atomic E-state index is 0.253. The molecule has 0 aliphatic carbocycles. The number of thiophene rings is 1. The lowest BCUT2D eigenvalue weighted by Crippen LogP contribution is -2.14. The smallest absolute Gasteiger partial charge is 0.350 e. The molecule has 0 atom stereocenters. The van der Waals surface area contributed by atoms with Crippen molar-refractivity contribution in [3.8, 4) is 0 Å². The summed E-state index contributed by atoms with van der Waals surface area (Å²) in [6.45, 7) is 3.49. The Morgan fingerprint density at radius 1 is 1.12 bits per heavy atom. The molecular formula is C18H16N2O3S. The zero-order chi connectivity index (χ0) is 17.3. The van der Waals surface area contributed by atoms with Crippen LogP contribution in [0, 0.1) is 13.8 Å². The first-order chi connectivity index (χ1) is 11.5. The second-order valence-corrected chi connectivity index (χ2v) is 6.51. The predicted octanol–water partition coefficient (Wildman–Crippen LogP) is 3.54. The van der Waals surface area contributed by atoms with Gasteiger partial charge in [-0.15, -0.1) is 11.3 Å². The van der Waals surface area contributed by atoms with E-state index in [2.05, 4.69) is 4.98 Å². The highest BCUT2D eigenvalue weighted by Crippen LogP contribution is 2.32. The summed E-state index contributed by atoms with van der Waals surface area (Å²) in [7, 11) is 0. The molecule has 2 aromatic heterocycles. The van der Waals surface area contributed by atoms with Gasteiger partial charge in [0, 0.05) is 16.6 Å². The standard InChI is InChI=1S/C18H16N2O3S/c1-10-3-6-12(7-4-10)14(21)9-23-18(22)16-15(19)13-8-5-11(2)20-17(13)24-16/h3-8H,9,19H2,1-2H3. The number of ether oxygens (including phenoxy) is 1. The number of carbonyl (C=O) groups excluding carboxylic acids is 2. The van der Waals surface area contributed by atoms with E-state index in [1.807, 2.05) is 38.1 Å². The number of nitrogens with zero attached hydrogens (tertiary/aromatic N) is 1. The number of rotatable bonds is 4. The third-order valence-electron chi connectivity index (χ3n) is 3.63. The van der Waals surface area contributed by atoms with Gasteiger partial charge in [0.15, 0.2) is 12.4 Å². The summed E-state index contributed by atoms with van der Waals surface area (Å²) in [4.78, 5) is 29.6. The number of aryl methyl sites for hydroxylation is 2. The highest BCUT2D eigenvalue weighted by atomic mass is 32.1. The second-order valence-electron chi connectivity index (χ2n) is 5.52. The van der Waals surface area contributed by atoms with Gasteiger partial charge >= 0.3 is 5.97 Å². The fraction of sp³-hybridized carbons (Fsp3) is 0.167. The van der Waals surface area contributed by atoms with Gasteiger partial charge in [-0.3, -0.25) is 4.79 Å². The molecular weight excluding hydrogens is 324 g/mol. The molecule has 122 valence electrons. The van der Waals surface area contributed by atoms with Crippen molar-refractivity contribution in [1.29, 1.82) is 0 Å². The third-order valence-corrected chi connectivity index (χ3v) is 4.72. The molecule has 0 fully saturated rings.